The summed E-state index contributed by atoms with van der Waals surface area (Å²) < 4.78 is 0. The third kappa shape index (κ3) is 2.71. The van der Waals surface area contributed by atoms with Crippen molar-refractivity contribution in [2.45, 2.75) is 13.8 Å². The van der Waals surface area contributed by atoms with E-state index in [-0.39, 0.29) is 0 Å². The molecule has 1 aromatic rings. The standard InChI is InChI=1S/C7H6Cl2.C6H11N/c1-5-2-3-6(8)7(9)4-5;1-4-5-2-7-3-6(4)5/h2-4H,1H3;4-7H,2-3H2,1H3. The zero-order valence-electron chi connectivity index (χ0n) is 9.63. The summed E-state index contributed by atoms with van der Waals surface area (Å²) >= 11 is 11.3. The maximum Gasteiger partial charge on any atom is 0.0594 e. The number of nitrogens with one attached hydrogen (secondary N) is 1. The minimum Gasteiger partial charge on any atom is -0.316 e. The summed E-state index contributed by atoms with van der Waals surface area (Å²) in [5.41, 5.74) is 1.13. The second kappa shape index (κ2) is 4.95. The van der Waals surface area contributed by atoms with Gasteiger partial charge < -0.3 is 5.32 Å². The smallest absolute Gasteiger partial charge is 0.0594 e. The molecule has 0 aromatic heterocycles. The van der Waals surface area contributed by atoms with Crippen molar-refractivity contribution < 1.29 is 0 Å². The summed E-state index contributed by atoms with van der Waals surface area (Å²) in [7, 11) is 0. The number of halogens is 2. The van der Waals surface area contributed by atoms with E-state index in [2.05, 4.69) is 12.2 Å². The van der Waals surface area contributed by atoms with Gasteiger partial charge in [-0.2, -0.15) is 0 Å². The van der Waals surface area contributed by atoms with Gasteiger partial charge >= 0.3 is 0 Å². The van der Waals surface area contributed by atoms with Crippen molar-refractivity contribution in [2.75, 3.05) is 13.1 Å². The second-order valence-electron chi connectivity index (χ2n) is 4.76. The van der Waals surface area contributed by atoms with E-state index < -0.39 is 0 Å². The molecule has 1 nitrogen and oxygen atoms in total. The summed E-state index contributed by atoms with van der Waals surface area (Å²) in [5, 5.41) is 4.59. The molecule has 1 saturated carbocycles. The molecule has 2 fully saturated rings. The molecule has 1 aliphatic carbocycles. The van der Waals surface area contributed by atoms with Gasteiger partial charge in [-0.1, -0.05) is 36.2 Å². The van der Waals surface area contributed by atoms with Gasteiger partial charge in [0.15, 0.2) is 0 Å². The van der Waals surface area contributed by atoms with E-state index in [1.807, 2.05) is 19.1 Å². The Kier molecular flexibility index (Phi) is 3.78. The lowest BCUT2D eigenvalue weighted by atomic mass is 10.2. The van der Waals surface area contributed by atoms with Gasteiger partial charge in [-0.05, 0) is 55.5 Å². The fourth-order valence-electron chi connectivity index (χ4n) is 2.33. The maximum absolute atomic E-state index is 5.68. The van der Waals surface area contributed by atoms with Crippen molar-refractivity contribution in [1.29, 1.82) is 0 Å². The monoisotopic (exact) mass is 257 g/mol. The Hall–Kier alpha value is -0.240. The SMILES string of the molecule is CC1C2CNCC12.Cc1ccc(Cl)c(Cl)c1. The van der Waals surface area contributed by atoms with Crippen LogP contribution in [0, 0.1) is 24.7 Å². The minimum absolute atomic E-state index is 0.613. The normalized spacial score (nSPS) is 30.4. The molecule has 2 unspecified atom stereocenters. The number of benzene rings is 1. The largest absolute Gasteiger partial charge is 0.316 e. The van der Waals surface area contributed by atoms with Gasteiger partial charge in [-0.3, -0.25) is 0 Å². The fourth-order valence-corrected chi connectivity index (χ4v) is 2.68. The van der Waals surface area contributed by atoms with Crippen molar-refractivity contribution >= 4 is 23.2 Å². The molecular formula is C13H17Cl2N. The molecule has 2 aliphatic rings. The van der Waals surface area contributed by atoms with Crippen molar-refractivity contribution in [2.24, 2.45) is 17.8 Å². The summed E-state index contributed by atoms with van der Waals surface area (Å²) in [4.78, 5) is 0. The zero-order valence-corrected chi connectivity index (χ0v) is 11.1. The molecule has 0 spiro atoms. The molecule has 0 amide bonds. The highest BCUT2D eigenvalue weighted by atomic mass is 35.5. The van der Waals surface area contributed by atoms with E-state index >= 15 is 0 Å². The first-order valence-corrected chi connectivity index (χ1v) is 6.47. The lowest BCUT2D eigenvalue weighted by molar-refractivity contribution is 0.634. The molecule has 0 bridgehead atoms. The summed E-state index contributed by atoms with van der Waals surface area (Å²) in [5.74, 6) is 3.20. The highest BCUT2D eigenvalue weighted by Gasteiger charge is 2.49. The average Bonchev–Trinajstić information content (AvgIpc) is 2.67. The van der Waals surface area contributed by atoms with E-state index in [0.717, 1.165) is 23.3 Å². The summed E-state index contributed by atoms with van der Waals surface area (Å²) in [6.07, 6.45) is 0. The number of hydrogen-bond donors (Lipinski definition) is 1. The van der Waals surface area contributed by atoms with E-state index in [4.69, 9.17) is 23.2 Å². The Labute approximate surface area is 107 Å². The van der Waals surface area contributed by atoms with Crippen LogP contribution in [0.25, 0.3) is 0 Å². The van der Waals surface area contributed by atoms with Crippen LogP contribution in [0.15, 0.2) is 18.2 Å². The van der Waals surface area contributed by atoms with Gasteiger partial charge in [0.1, 0.15) is 0 Å². The number of fused-ring (bicyclic) bond motifs is 1. The molecular weight excluding hydrogens is 241 g/mol. The quantitative estimate of drug-likeness (QED) is 0.746. The van der Waals surface area contributed by atoms with Crippen LogP contribution in [0.4, 0.5) is 0 Å². The Bertz CT molecular complexity index is 368. The Morgan fingerprint density at radius 1 is 1.12 bits per heavy atom. The lowest BCUT2D eigenvalue weighted by Crippen LogP contribution is -2.13. The number of piperidine rings is 1. The van der Waals surface area contributed by atoms with E-state index in [0.29, 0.717) is 10.0 Å². The van der Waals surface area contributed by atoms with Crippen molar-refractivity contribution in [3.8, 4) is 0 Å². The highest BCUT2D eigenvalue weighted by Crippen LogP contribution is 2.47. The topological polar surface area (TPSA) is 12.0 Å². The molecule has 1 N–H and O–H groups in total. The first kappa shape index (κ1) is 12.2. The fraction of sp³-hybridized carbons (Fsp3) is 0.538. The van der Waals surface area contributed by atoms with Crippen molar-refractivity contribution in [1.82, 2.24) is 5.32 Å². The lowest BCUT2D eigenvalue weighted by Gasteiger charge is -1.94. The predicted octanol–water partition coefficient (Wildman–Crippen LogP) is 3.77. The maximum atomic E-state index is 5.68. The van der Waals surface area contributed by atoms with Gasteiger partial charge in [0.25, 0.3) is 0 Å². The molecule has 2 atom stereocenters. The van der Waals surface area contributed by atoms with Crippen molar-refractivity contribution in [3.63, 3.8) is 0 Å². The van der Waals surface area contributed by atoms with E-state index in [1.165, 1.54) is 13.1 Å². The molecule has 1 aromatic carbocycles. The van der Waals surface area contributed by atoms with Gasteiger partial charge in [0.2, 0.25) is 0 Å². The summed E-state index contributed by atoms with van der Waals surface area (Å²) in [6, 6.07) is 5.55. The Morgan fingerprint density at radius 3 is 2.12 bits per heavy atom. The van der Waals surface area contributed by atoms with Crippen LogP contribution in [0.2, 0.25) is 10.0 Å². The van der Waals surface area contributed by atoms with Crippen LogP contribution in [-0.2, 0) is 0 Å². The van der Waals surface area contributed by atoms with E-state index in [9.17, 15) is 0 Å². The van der Waals surface area contributed by atoms with Crippen molar-refractivity contribution in [3.05, 3.63) is 33.8 Å². The van der Waals surface area contributed by atoms with E-state index in [1.54, 1.807) is 6.07 Å². The van der Waals surface area contributed by atoms with Crippen LogP contribution in [0.1, 0.15) is 12.5 Å². The summed E-state index contributed by atoms with van der Waals surface area (Å²) in [6.45, 7) is 6.93. The molecule has 3 rings (SSSR count). The Morgan fingerprint density at radius 2 is 1.75 bits per heavy atom. The number of rotatable bonds is 0. The molecule has 1 saturated heterocycles. The molecule has 16 heavy (non-hydrogen) atoms. The molecule has 3 heteroatoms. The Balaban J connectivity index is 0.000000123. The average molecular weight is 258 g/mol. The van der Waals surface area contributed by atoms with Crippen LogP contribution in [-0.4, -0.2) is 13.1 Å². The highest BCUT2D eigenvalue weighted by molar-refractivity contribution is 6.41. The van der Waals surface area contributed by atoms with Gasteiger partial charge in [-0.25, -0.2) is 0 Å². The van der Waals surface area contributed by atoms with Crippen LogP contribution >= 0.6 is 23.2 Å². The van der Waals surface area contributed by atoms with Crippen LogP contribution in [0.3, 0.4) is 0 Å². The third-order valence-corrected chi connectivity index (χ3v) is 4.33. The van der Waals surface area contributed by atoms with Gasteiger partial charge in [-0.15, -0.1) is 0 Å². The van der Waals surface area contributed by atoms with Gasteiger partial charge in [0.05, 0.1) is 10.0 Å². The number of aryl methyl sites for hydroxylation is 1. The van der Waals surface area contributed by atoms with Gasteiger partial charge in [0, 0.05) is 0 Å². The predicted molar refractivity (Wildman–Crippen MR) is 70.2 cm³/mol. The first-order chi connectivity index (χ1) is 7.59. The van der Waals surface area contributed by atoms with Crippen LogP contribution < -0.4 is 5.32 Å². The van der Waals surface area contributed by atoms with Crippen LogP contribution in [0.5, 0.6) is 0 Å². The molecule has 1 heterocycles. The minimum atomic E-state index is 0.613. The zero-order chi connectivity index (χ0) is 11.7. The second-order valence-corrected chi connectivity index (χ2v) is 5.58. The first-order valence-electron chi connectivity index (χ1n) is 5.72. The molecule has 1 aliphatic heterocycles. The third-order valence-electron chi connectivity index (χ3n) is 3.59. The molecule has 0 radical (unpaired) electrons. The number of hydrogen-bond acceptors (Lipinski definition) is 1. The molecule has 88 valence electrons.